The molecule has 1 atom stereocenters. The van der Waals surface area contributed by atoms with E-state index in [2.05, 4.69) is 8.37 Å². The Bertz CT molecular complexity index is 510. The number of phenols is 1. The highest BCUT2D eigenvalue weighted by molar-refractivity contribution is 7.82. The Labute approximate surface area is 104 Å². The van der Waals surface area contributed by atoms with Crippen LogP contribution in [0.5, 0.6) is 5.75 Å². The van der Waals surface area contributed by atoms with Gasteiger partial charge in [-0.1, -0.05) is 12.1 Å². The monoisotopic (exact) mass is 275 g/mol. The van der Waals surface area contributed by atoms with Crippen molar-refractivity contribution in [2.75, 3.05) is 7.11 Å². The van der Waals surface area contributed by atoms with Crippen LogP contribution in [0.15, 0.2) is 24.3 Å². The molecule has 0 aliphatic rings. The zero-order chi connectivity index (χ0) is 13.8. The number of benzene rings is 1. The molecule has 0 aliphatic carbocycles. The van der Waals surface area contributed by atoms with E-state index in [0.29, 0.717) is 5.56 Å². The maximum absolute atomic E-state index is 11.3. The molecular formula is C10H13NO6S. The molecule has 0 fully saturated rings. The number of carbonyl (C=O) groups is 1. The summed E-state index contributed by atoms with van der Waals surface area (Å²) in [5.74, 6) is -1.03. The van der Waals surface area contributed by atoms with E-state index in [9.17, 15) is 13.2 Å². The second-order valence-electron chi connectivity index (χ2n) is 3.45. The van der Waals surface area contributed by atoms with E-state index in [1.807, 2.05) is 0 Å². The number of hydrogen-bond acceptors (Lipinski definition) is 7. The van der Waals surface area contributed by atoms with Gasteiger partial charge in [-0.15, -0.1) is 0 Å². The molecule has 0 bridgehead atoms. The smallest absolute Gasteiger partial charge is 0.451 e. The fourth-order valence-electron chi connectivity index (χ4n) is 1.17. The summed E-state index contributed by atoms with van der Waals surface area (Å²) in [6.07, 6.45) is 0.0817. The number of phenolic OH excluding ortho intramolecular Hbond substituents is 1. The molecule has 0 unspecified atom stereocenters. The Morgan fingerprint density at radius 1 is 1.39 bits per heavy atom. The van der Waals surface area contributed by atoms with Crippen molar-refractivity contribution in [1.29, 1.82) is 0 Å². The summed E-state index contributed by atoms with van der Waals surface area (Å²) >= 11 is 0. The lowest BCUT2D eigenvalue weighted by atomic mass is 10.1. The molecule has 18 heavy (non-hydrogen) atoms. The Morgan fingerprint density at radius 3 is 2.44 bits per heavy atom. The van der Waals surface area contributed by atoms with Crippen LogP contribution in [0.4, 0.5) is 0 Å². The number of rotatable bonds is 5. The van der Waals surface area contributed by atoms with E-state index in [4.69, 9.17) is 10.8 Å². The molecule has 0 spiro atoms. The molecule has 1 aromatic rings. The molecule has 7 nitrogen and oxygen atoms in total. The molecule has 0 radical (unpaired) electrons. The zero-order valence-electron chi connectivity index (χ0n) is 9.57. The summed E-state index contributed by atoms with van der Waals surface area (Å²) in [5.41, 5.74) is 6.15. The number of aromatic hydroxyl groups is 1. The highest BCUT2D eigenvalue weighted by Crippen LogP contribution is 2.11. The summed E-state index contributed by atoms with van der Waals surface area (Å²) in [7, 11) is -3.46. The summed E-state index contributed by atoms with van der Waals surface area (Å²) in [6.45, 7) is 0. The fraction of sp³-hybridized carbons (Fsp3) is 0.300. The van der Waals surface area contributed by atoms with Crippen molar-refractivity contribution >= 4 is 16.4 Å². The topological polar surface area (TPSA) is 116 Å². The van der Waals surface area contributed by atoms with Gasteiger partial charge in [0.15, 0.2) is 0 Å². The van der Waals surface area contributed by atoms with E-state index >= 15 is 0 Å². The number of carbonyl (C=O) groups excluding carboxylic acids is 1. The number of hydrogen-bond donors (Lipinski definition) is 2. The van der Waals surface area contributed by atoms with E-state index in [1.165, 1.54) is 12.1 Å². The highest BCUT2D eigenvalue weighted by Gasteiger charge is 2.22. The predicted molar refractivity (Wildman–Crippen MR) is 61.8 cm³/mol. The van der Waals surface area contributed by atoms with Crippen molar-refractivity contribution in [1.82, 2.24) is 0 Å². The lowest BCUT2D eigenvalue weighted by molar-refractivity contribution is -0.135. The highest BCUT2D eigenvalue weighted by atomic mass is 32.3. The maximum Gasteiger partial charge on any atom is 0.451 e. The quantitative estimate of drug-likeness (QED) is 0.757. The second kappa shape index (κ2) is 5.80. The molecule has 0 aromatic heterocycles. The van der Waals surface area contributed by atoms with E-state index in [1.54, 1.807) is 12.1 Å². The van der Waals surface area contributed by atoms with Gasteiger partial charge in [0, 0.05) is 0 Å². The van der Waals surface area contributed by atoms with Crippen LogP contribution in [0.3, 0.4) is 0 Å². The minimum absolute atomic E-state index is 0.0804. The average molecular weight is 275 g/mol. The third-order valence-electron chi connectivity index (χ3n) is 2.08. The van der Waals surface area contributed by atoms with Gasteiger partial charge in [0.05, 0.1) is 7.11 Å². The Morgan fingerprint density at radius 2 is 1.94 bits per heavy atom. The molecule has 0 saturated heterocycles. The molecule has 1 rings (SSSR count). The Balaban J connectivity index is 2.63. The zero-order valence-corrected chi connectivity index (χ0v) is 10.4. The van der Waals surface area contributed by atoms with Crippen molar-refractivity contribution in [2.24, 2.45) is 5.73 Å². The molecule has 3 N–H and O–H groups in total. The first-order valence-electron chi connectivity index (χ1n) is 4.91. The molecule has 0 amide bonds. The van der Waals surface area contributed by atoms with Crippen molar-refractivity contribution in [3.8, 4) is 5.75 Å². The van der Waals surface area contributed by atoms with Crippen LogP contribution in [-0.4, -0.2) is 32.6 Å². The minimum Gasteiger partial charge on any atom is -0.508 e. The van der Waals surface area contributed by atoms with Gasteiger partial charge in [0.2, 0.25) is 0 Å². The van der Waals surface area contributed by atoms with Gasteiger partial charge in [-0.05, 0) is 24.1 Å². The van der Waals surface area contributed by atoms with E-state index < -0.39 is 22.4 Å². The largest absolute Gasteiger partial charge is 0.508 e. The number of nitrogens with two attached hydrogens (primary N) is 1. The van der Waals surface area contributed by atoms with Crippen LogP contribution >= 0.6 is 0 Å². The Kier molecular flexibility index (Phi) is 4.65. The van der Waals surface area contributed by atoms with Gasteiger partial charge >= 0.3 is 16.4 Å². The molecule has 1 aromatic carbocycles. The first-order valence-corrected chi connectivity index (χ1v) is 6.25. The predicted octanol–water partition coefficient (Wildman–Crippen LogP) is -0.304. The van der Waals surface area contributed by atoms with Crippen molar-refractivity contribution < 1.29 is 26.7 Å². The van der Waals surface area contributed by atoms with Crippen LogP contribution in [-0.2, 0) is 30.0 Å². The van der Waals surface area contributed by atoms with Gasteiger partial charge < -0.3 is 15.0 Å². The summed E-state index contributed by atoms with van der Waals surface area (Å²) in [5, 5.41) is 9.07. The van der Waals surface area contributed by atoms with Gasteiger partial charge in [0.1, 0.15) is 11.8 Å². The molecule has 0 heterocycles. The van der Waals surface area contributed by atoms with Crippen LogP contribution in [0.2, 0.25) is 0 Å². The molecule has 0 saturated carbocycles. The molecule has 8 heteroatoms. The molecule has 100 valence electrons. The van der Waals surface area contributed by atoms with Gasteiger partial charge in [0.25, 0.3) is 0 Å². The van der Waals surface area contributed by atoms with Crippen LogP contribution in [0.1, 0.15) is 5.56 Å². The van der Waals surface area contributed by atoms with Crippen molar-refractivity contribution in [3.63, 3.8) is 0 Å². The lowest BCUT2D eigenvalue weighted by Crippen LogP contribution is -2.35. The first-order chi connectivity index (χ1) is 8.34. The van der Waals surface area contributed by atoms with E-state index in [0.717, 1.165) is 7.11 Å². The minimum atomic E-state index is -4.33. The van der Waals surface area contributed by atoms with Gasteiger partial charge in [-0.3, -0.25) is 0 Å². The average Bonchev–Trinajstić information content (AvgIpc) is 2.31. The van der Waals surface area contributed by atoms with Crippen LogP contribution in [0.25, 0.3) is 0 Å². The van der Waals surface area contributed by atoms with Crippen molar-refractivity contribution in [2.45, 2.75) is 12.5 Å². The second-order valence-corrected chi connectivity index (χ2v) is 4.77. The van der Waals surface area contributed by atoms with E-state index in [-0.39, 0.29) is 12.2 Å². The lowest BCUT2D eigenvalue weighted by Gasteiger charge is -2.10. The SMILES string of the molecule is COS(=O)(=O)OC(=O)[C@@H](N)Cc1ccc(O)cc1. The first kappa shape index (κ1) is 14.4. The third-order valence-corrected chi connectivity index (χ3v) is 2.86. The molecule has 0 aliphatic heterocycles. The summed E-state index contributed by atoms with van der Waals surface area (Å²) < 4.78 is 29.8. The van der Waals surface area contributed by atoms with Crippen LogP contribution in [0, 0.1) is 0 Å². The summed E-state index contributed by atoms with van der Waals surface area (Å²) in [6, 6.07) is 4.85. The van der Waals surface area contributed by atoms with Crippen LogP contribution < -0.4 is 5.73 Å². The summed E-state index contributed by atoms with van der Waals surface area (Å²) in [4.78, 5) is 11.3. The van der Waals surface area contributed by atoms with Gasteiger partial charge in [-0.2, -0.15) is 8.42 Å². The third kappa shape index (κ3) is 4.32. The molecular weight excluding hydrogens is 262 g/mol. The maximum atomic E-state index is 11.3. The Hall–Kier alpha value is -1.64. The standard InChI is InChI=1S/C10H13NO6S/c1-16-18(14,15)17-10(13)9(11)6-7-2-4-8(12)5-3-7/h2-5,9,12H,6,11H2,1H3/t9-/m0/s1. The van der Waals surface area contributed by atoms with Crippen molar-refractivity contribution in [3.05, 3.63) is 29.8 Å². The fourth-order valence-corrected chi connectivity index (χ4v) is 1.56. The van der Waals surface area contributed by atoms with Gasteiger partial charge in [-0.25, -0.2) is 8.98 Å². The normalized spacial score (nSPS) is 13.0.